The van der Waals surface area contributed by atoms with E-state index in [1.807, 2.05) is 43.3 Å². The highest BCUT2D eigenvalue weighted by atomic mass is 32.2. The highest BCUT2D eigenvalue weighted by Gasteiger charge is 2.48. The lowest BCUT2D eigenvalue weighted by Gasteiger charge is -2.31. The molecule has 0 saturated carbocycles. The van der Waals surface area contributed by atoms with Crippen molar-refractivity contribution >= 4 is 15.7 Å². The van der Waals surface area contributed by atoms with Crippen LogP contribution in [0.3, 0.4) is 0 Å². The van der Waals surface area contributed by atoms with Gasteiger partial charge in [0.2, 0.25) is 0 Å². The molecule has 0 spiro atoms. The Morgan fingerprint density at radius 1 is 1.22 bits per heavy atom. The van der Waals surface area contributed by atoms with E-state index in [-0.39, 0.29) is 23.2 Å². The summed E-state index contributed by atoms with van der Waals surface area (Å²) in [5.74, 6) is 0.977. The van der Waals surface area contributed by atoms with Gasteiger partial charge in [0.25, 0.3) is 5.91 Å². The summed E-state index contributed by atoms with van der Waals surface area (Å²) in [5.41, 5.74) is 3.73. The summed E-state index contributed by atoms with van der Waals surface area (Å²) in [6.45, 7) is 6.78. The number of hydrogen-bond donors (Lipinski definition) is 2. The molecule has 5 rings (SSSR count). The molecule has 9 heteroatoms. The molecule has 2 unspecified atom stereocenters. The zero-order valence-electron chi connectivity index (χ0n) is 20.7. The van der Waals surface area contributed by atoms with Crippen LogP contribution in [0, 0.1) is 12.8 Å². The van der Waals surface area contributed by atoms with Gasteiger partial charge in [-0.1, -0.05) is 37.6 Å². The molecule has 2 aliphatic heterocycles. The number of amides is 1. The number of fused-ring (bicyclic) bond motifs is 1. The number of aryl methyl sites for hydroxylation is 1. The lowest BCUT2D eigenvalue weighted by molar-refractivity contribution is 0.0677. The summed E-state index contributed by atoms with van der Waals surface area (Å²) in [6.07, 6.45) is 1.30. The first-order valence-electron chi connectivity index (χ1n) is 12.3. The Morgan fingerprint density at radius 3 is 2.75 bits per heavy atom. The lowest BCUT2D eigenvalue weighted by Crippen LogP contribution is -2.40. The number of nitrogens with one attached hydrogen (secondary N) is 1. The minimum atomic E-state index is -3.22. The molecule has 1 fully saturated rings. The van der Waals surface area contributed by atoms with Crippen molar-refractivity contribution in [1.29, 1.82) is 0 Å². The van der Waals surface area contributed by atoms with E-state index in [0.717, 1.165) is 17.5 Å². The van der Waals surface area contributed by atoms with Crippen LogP contribution in [0.5, 0.6) is 11.5 Å². The van der Waals surface area contributed by atoms with E-state index >= 15 is 0 Å². The average molecular weight is 510 g/mol. The second-order valence-electron chi connectivity index (χ2n) is 10.2. The Hall–Kier alpha value is -3.33. The number of benzene rings is 2. The van der Waals surface area contributed by atoms with Crippen molar-refractivity contribution in [3.8, 4) is 22.8 Å². The number of carbonyl (C=O) groups is 1. The summed E-state index contributed by atoms with van der Waals surface area (Å²) >= 11 is 0. The molecule has 3 heterocycles. The van der Waals surface area contributed by atoms with Crippen molar-refractivity contribution in [2.75, 3.05) is 18.1 Å². The minimum Gasteiger partial charge on any atom is -0.507 e. The number of aromatic hydroxyl groups is 1. The van der Waals surface area contributed by atoms with E-state index in [9.17, 15) is 18.3 Å². The Bertz CT molecular complexity index is 1410. The average Bonchev–Trinajstić information content (AvgIpc) is 3.48. The molecule has 2 N–H and O–H groups in total. The number of rotatable bonds is 7. The van der Waals surface area contributed by atoms with Crippen LogP contribution in [0.15, 0.2) is 42.5 Å². The highest BCUT2D eigenvalue weighted by Crippen LogP contribution is 2.47. The summed E-state index contributed by atoms with van der Waals surface area (Å²) in [6, 6.07) is 11.9. The largest absolute Gasteiger partial charge is 0.507 e. The third kappa shape index (κ3) is 4.48. The maximum atomic E-state index is 13.7. The van der Waals surface area contributed by atoms with Crippen molar-refractivity contribution in [2.45, 2.75) is 45.7 Å². The second-order valence-corrected chi connectivity index (χ2v) is 12.4. The number of aromatic nitrogens is 2. The molecule has 1 aromatic heterocycles. The fraction of sp³-hybridized carbons (Fsp3) is 0.407. The van der Waals surface area contributed by atoms with Gasteiger partial charge in [-0.15, -0.1) is 0 Å². The topological polar surface area (TPSA) is 113 Å². The number of ether oxygens (including phenoxy) is 1. The van der Waals surface area contributed by atoms with Crippen LogP contribution >= 0.6 is 0 Å². The highest BCUT2D eigenvalue weighted by molar-refractivity contribution is 7.91. The zero-order chi connectivity index (χ0) is 25.6. The van der Waals surface area contributed by atoms with Gasteiger partial charge in [0.1, 0.15) is 22.9 Å². The number of H-pyrrole nitrogens is 1. The maximum Gasteiger partial charge on any atom is 0.273 e. The normalized spacial score (nSPS) is 20.8. The smallest absolute Gasteiger partial charge is 0.273 e. The first-order valence-corrected chi connectivity index (χ1v) is 14.1. The number of phenolic OH excluding ortho intramolecular Hbond substituents is 1. The molecule has 1 saturated heterocycles. The summed E-state index contributed by atoms with van der Waals surface area (Å²) in [7, 11) is -3.22. The molecule has 36 heavy (non-hydrogen) atoms. The molecule has 3 aromatic rings. The van der Waals surface area contributed by atoms with Gasteiger partial charge < -0.3 is 14.7 Å². The minimum absolute atomic E-state index is 0.0598. The van der Waals surface area contributed by atoms with E-state index in [1.165, 1.54) is 0 Å². The first-order chi connectivity index (χ1) is 17.1. The van der Waals surface area contributed by atoms with Gasteiger partial charge in [-0.25, -0.2) is 8.42 Å². The van der Waals surface area contributed by atoms with Gasteiger partial charge in [-0.2, -0.15) is 5.10 Å². The SMILES string of the molecule is Cc1ccc(O)c(-c2n[nH]c3c2C(c2cccc(OCCC(C)C)c2)N(C2CCS(=O)(=O)C2)C3=O)c1. The van der Waals surface area contributed by atoms with Gasteiger partial charge in [0.15, 0.2) is 9.84 Å². The maximum absolute atomic E-state index is 13.7. The Balaban J connectivity index is 1.62. The molecular formula is C27H31N3O5S. The standard InChI is InChI=1S/C27H31N3O5S/c1-16(2)9-11-35-20-6-4-5-18(14-20)26-23-24(21-13-17(3)7-8-22(21)31)28-29-25(23)27(32)30(26)19-10-12-36(33,34)15-19/h4-8,13-14,16,19,26,31H,9-12,15H2,1-3H3,(H,28,29). The Labute approximate surface area is 211 Å². The van der Waals surface area contributed by atoms with Crippen LogP contribution in [-0.2, 0) is 9.84 Å². The lowest BCUT2D eigenvalue weighted by atomic mass is 9.94. The number of nitrogens with zero attached hydrogens (tertiary/aromatic N) is 2. The van der Waals surface area contributed by atoms with Gasteiger partial charge in [-0.05, 0) is 55.5 Å². The molecule has 1 amide bonds. The summed E-state index contributed by atoms with van der Waals surface area (Å²) in [4.78, 5) is 15.4. The number of hydrogen-bond acceptors (Lipinski definition) is 6. The first kappa shape index (κ1) is 24.4. The summed E-state index contributed by atoms with van der Waals surface area (Å²) < 4.78 is 30.7. The number of sulfone groups is 1. The van der Waals surface area contributed by atoms with Crippen LogP contribution in [-0.4, -0.2) is 58.7 Å². The van der Waals surface area contributed by atoms with Crippen molar-refractivity contribution in [3.63, 3.8) is 0 Å². The predicted molar refractivity (Wildman–Crippen MR) is 137 cm³/mol. The van der Waals surface area contributed by atoms with Crippen molar-refractivity contribution < 1.29 is 23.1 Å². The monoisotopic (exact) mass is 509 g/mol. The molecule has 0 bridgehead atoms. The fourth-order valence-electron chi connectivity index (χ4n) is 5.10. The zero-order valence-corrected chi connectivity index (χ0v) is 21.5. The van der Waals surface area contributed by atoms with Gasteiger partial charge in [0.05, 0.1) is 24.2 Å². The van der Waals surface area contributed by atoms with E-state index in [2.05, 4.69) is 24.0 Å². The Morgan fingerprint density at radius 2 is 2.03 bits per heavy atom. The van der Waals surface area contributed by atoms with Crippen molar-refractivity contribution in [2.24, 2.45) is 5.92 Å². The summed E-state index contributed by atoms with van der Waals surface area (Å²) in [5, 5.41) is 18.0. The van der Waals surface area contributed by atoms with Crippen LogP contribution in [0.4, 0.5) is 0 Å². The molecule has 0 aliphatic carbocycles. The molecule has 2 aliphatic rings. The molecule has 2 atom stereocenters. The van der Waals surface area contributed by atoms with E-state index in [4.69, 9.17) is 4.74 Å². The van der Waals surface area contributed by atoms with Crippen LogP contribution in [0.1, 0.15) is 59.9 Å². The van der Waals surface area contributed by atoms with Crippen molar-refractivity contribution in [3.05, 3.63) is 64.8 Å². The van der Waals surface area contributed by atoms with E-state index in [0.29, 0.717) is 47.2 Å². The van der Waals surface area contributed by atoms with Gasteiger partial charge in [-0.3, -0.25) is 9.89 Å². The third-order valence-electron chi connectivity index (χ3n) is 6.95. The third-order valence-corrected chi connectivity index (χ3v) is 8.70. The number of phenols is 1. The van der Waals surface area contributed by atoms with Crippen LogP contribution in [0.2, 0.25) is 0 Å². The quantitative estimate of drug-likeness (QED) is 0.492. The molecule has 8 nitrogen and oxygen atoms in total. The van der Waals surface area contributed by atoms with Crippen LogP contribution < -0.4 is 4.74 Å². The molecular weight excluding hydrogens is 478 g/mol. The Kier molecular flexibility index (Phi) is 6.28. The number of carbonyl (C=O) groups excluding carboxylic acids is 1. The van der Waals surface area contributed by atoms with Gasteiger partial charge in [0, 0.05) is 17.2 Å². The van der Waals surface area contributed by atoms with E-state index < -0.39 is 21.9 Å². The second kappa shape index (κ2) is 9.28. The van der Waals surface area contributed by atoms with Crippen LogP contribution in [0.25, 0.3) is 11.3 Å². The molecule has 190 valence electrons. The predicted octanol–water partition coefficient (Wildman–Crippen LogP) is 4.25. The van der Waals surface area contributed by atoms with Crippen molar-refractivity contribution in [1.82, 2.24) is 15.1 Å². The number of aromatic amines is 1. The fourth-order valence-corrected chi connectivity index (χ4v) is 6.81. The molecule has 2 aromatic carbocycles. The van der Waals surface area contributed by atoms with Gasteiger partial charge >= 0.3 is 0 Å². The molecule has 0 radical (unpaired) electrons. The van der Waals surface area contributed by atoms with E-state index in [1.54, 1.807) is 11.0 Å².